The lowest BCUT2D eigenvalue weighted by atomic mass is 10.1. The molecular formula is C12H11FN2O2S. The molecule has 0 bridgehead atoms. The highest BCUT2D eigenvalue weighted by Crippen LogP contribution is 2.27. The molecule has 1 aromatic rings. The van der Waals surface area contributed by atoms with Crippen LogP contribution in [0.5, 0.6) is 0 Å². The number of carbonyl (C=O) groups is 1. The molecule has 0 aromatic heterocycles. The van der Waals surface area contributed by atoms with Crippen molar-refractivity contribution in [3.8, 4) is 6.07 Å². The molecule has 1 atom stereocenters. The van der Waals surface area contributed by atoms with Crippen molar-refractivity contribution < 1.29 is 14.3 Å². The predicted octanol–water partition coefficient (Wildman–Crippen LogP) is 1.70. The van der Waals surface area contributed by atoms with Crippen molar-refractivity contribution in [1.82, 2.24) is 0 Å². The third kappa shape index (κ3) is 2.41. The second kappa shape index (κ2) is 5.27. The number of carboxylic acids is 1. The fraction of sp³-hybridized carbons (Fsp3) is 0.333. The number of nitriles is 1. The first-order valence-electron chi connectivity index (χ1n) is 5.40. The first kappa shape index (κ1) is 12.7. The number of anilines is 1. The van der Waals surface area contributed by atoms with Crippen molar-refractivity contribution in [1.29, 1.82) is 5.26 Å². The Balaban J connectivity index is 2.40. The Morgan fingerprint density at radius 3 is 3.06 bits per heavy atom. The fourth-order valence-corrected chi connectivity index (χ4v) is 2.98. The molecule has 6 heteroatoms. The third-order valence-electron chi connectivity index (χ3n) is 2.80. The summed E-state index contributed by atoms with van der Waals surface area (Å²) in [6.07, 6.45) is 0. The average molecular weight is 266 g/mol. The van der Waals surface area contributed by atoms with Gasteiger partial charge in [0.25, 0.3) is 0 Å². The summed E-state index contributed by atoms with van der Waals surface area (Å²) in [6, 6.07) is 5.10. The molecule has 4 nitrogen and oxygen atoms in total. The highest BCUT2D eigenvalue weighted by Gasteiger charge is 2.30. The molecule has 1 N–H and O–H groups in total. The maximum absolute atomic E-state index is 13.1. The number of halogens is 1. The van der Waals surface area contributed by atoms with E-state index < -0.39 is 17.8 Å². The van der Waals surface area contributed by atoms with Gasteiger partial charge in [0.2, 0.25) is 0 Å². The Labute approximate surface area is 108 Å². The standard InChI is InChI=1S/C12H11FN2O2S/c13-9-1-2-10(8(5-9)6-14)15-3-4-18-7-11(15)12(16)17/h1-2,5,11H,3-4,7H2,(H,16,17). The summed E-state index contributed by atoms with van der Waals surface area (Å²) in [5.41, 5.74) is 0.666. The second-order valence-electron chi connectivity index (χ2n) is 3.90. The van der Waals surface area contributed by atoms with Crippen molar-refractivity contribution in [2.24, 2.45) is 0 Å². The molecule has 1 aliphatic rings. The van der Waals surface area contributed by atoms with Crippen LogP contribution in [0.4, 0.5) is 10.1 Å². The van der Waals surface area contributed by atoms with Gasteiger partial charge in [-0.25, -0.2) is 9.18 Å². The Morgan fingerprint density at radius 1 is 1.61 bits per heavy atom. The largest absolute Gasteiger partial charge is 0.480 e. The van der Waals surface area contributed by atoms with Crippen LogP contribution in [0.2, 0.25) is 0 Å². The van der Waals surface area contributed by atoms with E-state index in [1.165, 1.54) is 12.1 Å². The molecule has 1 heterocycles. The van der Waals surface area contributed by atoms with Crippen LogP contribution in [0.25, 0.3) is 0 Å². The quantitative estimate of drug-likeness (QED) is 0.882. The van der Waals surface area contributed by atoms with Crippen molar-refractivity contribution >= 4 is 23.4 Å². The van der Waals surface area contributed by atoms with E-state index in [-0.39, 0.29) is 5.56 Å². The van der Waals surface area contributed by atoms with Crippen LogP contribution < -0.4 is 4.90 Å². The summed E-state index contributed by atoms with van der Waals surface area (Å²) in [5.74, 6) is -0.146. The van der Waals surface area contributed by atoms with Crippen LogP contribution >= 0.6 is 11.8 Å². The number of hydrogen-bond acceptors (Lipinski definition) is 4. The van der Waals surface area contributed by atoms with Crippen LogP contribution in [-0.4, -0.2) is 35.2 Å². The Bertz CT molecular complexity index is 515. The molecular weight excluding hydrogens is 255 g/mol. The predicted molar refractivity (Wildman–Crippen MR) is 67.2 cm³/mol. The minimum absolute atomic E-state index is 0.174. The Kier molecular flexibility index (Phi) is 3.72. The number of hydrogen-bond donors (Lipinski definition) is 1. The molecule has 0 amide bonds. The lowest BCUT2D eigenvalue weighted by Gasteiger charge is -2.34. The van der Waals surface area contributed by atoms with Crippen LogP contribution in [-0.2, 0) is 4.79 Å². The summed E-state index contributed by atoms with van der Waals surface area (Å²) in [6.45, 7) is 0.544. The molecule has 18 heavy (non-hydrogen) atoms. The molecule has 0 aliphatic carbocycles. The number of benzene rings is 1. The van der Waals surface area contributed by atoms with Gasteiger partial charge >= 0.3 is 5.97 Å². The van der Waals surface area contributed by atoms with E-state index in [2.05, 4.69) is 0 Å². The zero-order valence-electron chi connectivity index (χ0n) is 9.47. The topological polar surface area (TPSA) is 64.3 Å². The van der Waals surface area contributed by atoms with Gasteiger partial charge in [0, 0.05) is 18.1 Å². The molecule has 94 valence electrons. The lowest BCUT2D eigenvalue weighted by molar-refractivity contribution is -0.138. The van der Waals surface area contributed by atoms with Gasteiger partial charge in [0.05, 0.1) is 11.3 Å². The molecule has 1 aromatic carbocycles. The van der Waals surface area contributed by atoms with Crippen LogP contribution in [0.1, 0.15) is 5.56 Å². The van der Waals surface area contributed by atoms with Gasteiger partial charge in [-0.05, 0) is 18.2 Å². The number of nitrogens with zero attached hydrogens (tertiary/aromatic N) is 2. The average Bonchev–Trinajstić information content (AvgIpc) is 2.38. The SMILES string of the molecule is N#Cc1cc(F)ccc1N1CCSCC1C(=O)O. The van der Waals surface area contributed by atoms with E-state index in [0.29, 0.717) is 18.0 Å². The minimum Gasteiger partial charge on any atom is -0.480 e. The van der Waals surface area contributed by atoms with E-state index in [1.807, 2.05) is 6.07 Å². The van der Waals surface area contributed by atoms with Gasteiger partial charge in [0.15, 0.2) is 0 Å². The Hall–Kier alpha value is -1.74. The van der Waals surface area contributed by atoms with Crippen molar-refractivity contribution in [3.63, 3.8) is 0 Å². The van der Waals surface area contributed by atoms with E-state index in [1.54, 1.807) is 16.7 Å². The molecule has 0 saturated carbocycles. The van der Waals surface area contributed by atoms with Crippen molar-refractivity contribution in [2.45, 2.75) is 6.04 Å². The molecule has 0 spiro atoms. The maximum Gasteiger partial charge on any atom is 0.327 e. The van der Waals surface area contributed by atoms with Gasteiger partial charge in [0.1, 0.15) is 17.9 Å². The molecule has 0 radical (unpaired) electrons. The van der Waals surface area contributed by atoms with Gasteiger partial charge in [-0.3, -0.25) is 0 Å². The van der Waals surface area contributed by atoms with E-state index >= 15 is 0 Å². The van der Waals surface area contributed by atoms with Crippen LogP contribution in [0, 0.1) is 17.1 Å². The number of thioether (sulfide) groups is 1. The summed E-state index contributed by atoms with van der Waals surface area (Å²) >= 11 is 1.57. The summed E-state index contributed by atoms with van der Waals surface area (Å²) in [7, 11) is 0. The number of rotatable bonds is 2. The Morgan fingerprint density at radius 2 is 2.39 bits per heavy atom. The summed E-state index contributed by atoms with van der Waals surface area (Å²) in [4.78, 5) is 12.9. The zero-order chi connectivity index (χ0) is 13.1. The molecule has 1 aliphatic heterocycles. The van der Waals surface area contributed by atoms with Gasteiger partial charge < -0.3 is 10.0 Å². The minimum atomic E-state index is -0.921. The third-order valence-corrected chi connectivity index (χ3v) is 3.82. The van der Waals surface area contributed by atoms with E-state index in [9.17, 15) is 14.3 Å². The maximum atomic E-state index is 13.1. The monoisotopic (exact) mass is 266 g/mol. The van der Waals surface area contributed by atoms with Gasteiger partial charge in [-0.2, -0.15) is 17.0 Å². The molecule has 1 unspecified atom stereocenters. The fourth-order valence-electron chi connectivity index (χ4n) is 1.94. The summed E-state index contributed by atoms with van der Waals surface area (Å²) in [5, 5.41) is 18.2. The van der Waals surface area contributed by atoms with Crippen LogP contribution in [0.15, 0.2) is 18.2 Å². The summed E-state index contributed by atoms with van der Waals surface area (Å²) < 4.78 is 13.1. The lowest BCUT2D eigenvalue weighted by Crippen LogP contribution is -2.47. The smallest absolute Gasteiger partial charge is 0.327 e. The zero-order valence-corrected chi connectivity index (χ0v) is 10.3. The second-order valence-corrected chi connectivity index (χ2v) is 5.05. The molecule has 1 saturated heterocycles. The number of aliphatic carboxylic acids is 1. The van der Waals surface area contributed by atoms with E-state index in [4.69, 9.17) is 5.26 Å². The van der Waals surface area contributed by atoms with Crippen LogP contribution in [0.3, 0.4) is 0 Å². The van der Waals surface area contributed by atoms with Crippen molar-refractivity contribution in [2.75, 3.05) is 23.0 Å². The van der Waals surface area contributed by atoms with Gasteiger partial charge in [-0.1, -0.05) is 0 Å². The van der Waals surface area contributed by atoms with Gasteiger partial charge in [-0.15, -0.1) is 0 Å². The number of carboxylic acid groups (broad SMARTS) is 1. The van der Waals surface area contributed by atoms with E-state index in [0.717, 1.165) is 11.8 Å². The first-order chi connectivity index (χ1) is 8.63. The highest BCUT2D eigenvalue weighted by molar-refractivity contribution is 7.99. The molecule has 2 rings (SSSR count). The van der Waals surface area contributed by atoms with Crippen molar-refractivity contribution in [3.05, 3.63) is 29.6 Å². The highest BCUT2D eigenvalue weighted by atomic mass is 32.2. The first-order valence-corrected chi connectivity index (χ1v) is 6.56. The molecule has 1 fully saturated rings. The normalized spacial score (nSPS) is 19.3.